The molecule has 0 aliphatic heterocycles. The molecular weight excluding hydrogens is 204 g/mol. The van der Waals surface area contributed by atoms with Crippen LogP contribution in [0.15, 0.2) is 24.3 Å². The smallest absolute Gasteiger partial charge is 0.336 e. The van der Waals surface area contributed by atoms with Crippen molar-refractivity contribution >= 4 is 23.3 Å². The molecule has 0 heterocycles. The number of halogens is 1. The number of carbonyl (C=O) groups excluding carboxylic acids is 1. The van der Waals surface area contributed by atoms with Crippen LogP contribution >= 0.6 is 11.6 Å². The minimum atomic E-state index is -0.597. The maximum Gasteiger partial charge on any atom is 0.345 e. The van der Waals surface area contributed by atoms with Crippen LogP contribution in [0.1, 0.15) is 6.92 Å². The van der Waals surface area contributed by atoms with Crippen LogP contribution in [-0.4, -0.2) is 17.8 Å². The second-order valence-corrected chi connectivity index (χ2v) is 3.01. The lowest BCUT2D eigenvalue weighted by molar-refractivity contribution is 0.205. The van der Waals surface area contributed by atoms with Gasteiger partial charge in [-0.15, -0.1) is 0 Å². The van der Waals surface area contributed by atoms with Crippen molar-refractivity contribution in [3.8, 4) is 0 Å². The van der Waals surface area contributed by atoms with Crippen molar-refractivity contribution in [2.24, 2.45) is 0 Å². The molecule has 0 bridgehead atoms. The third-order valence-electron chi connectivity index (χ3n) is 1.60. The van der Waals surface area contributed by atoms with Gasteiger partial charge in [0.15, 0.2) is 0 Å². The molecule has 0 unspecified atom stereocenters. The number of hydrogen-bond donors (Lipinski definition) is 2. The highest BCUT2D eigenvalue weighted by molar-refractivity contribution is 6.33. The zero-order valence-corrected chi connectivity index (χ0v) is 8.45. The highest BCUT2D eigenvalue weighted by atomic mass is 35.5. The summed E-state index contributed by atoms with van der Waals surface area (Å²) in [6.45, 7) is 2.21. The summed E-state index contributed by atoms with van der Waals surface area (Å²) in [5.41, 5.74) is 0.264. The van der Waals surface area contributed by atoms with Crippen LogP contribution in [0.25, 0.3) is 0 Å². The summed E-state index contributed by atoms with van der Waals surface area (Å²) >= 11 is 5.78. The van der Waals surface area contributed by atoms with E-state index < -0.39 is 6.03 Å². The van der Waals surface area contributed by atoms with E-state index in [2.05, 4.69) is 5.32 Å². The molecule has 2 N–H and O–H groups in total. The molecule has 4 nitrogen and oxygen atoms in total. The fourth-order valence-corrected chi connectivity index (χ4v) is 1.17. The summed E-state index contributed by atoms with van der Waals surface area (Å²) in [4.78, 5) is 11.2. The van der Waals surface area contributed by atoms with Gasteiger partial charge in [-0.05, 0) is 19.1 Å². The summed E-state index contributed by atoms with van der Waals surface area (Å²) in [7, 11) is 0. The van der Waals surface area contributed by atoms with Crippen LogP contribution in [0.4, 0.5) is 10.5 Å². The van der Waals surface area contributed by atoms with Crippen molar-refractivity contribution in [2.75, 3.05) is 11.6 Å². The summed E-state index contributed by atoms with van der Waals surface area (Å²) in [6.07, 6.45) is 0. The number of rotatable bonds is 2. The predicted molar refractivity (Wildman–Crippen MR) is 54.8 cm³/mol. The van der Waals surface area contributed by atoms with Crippen molar-refractivity contribution in [3.63, 3.8) is 0 Å². The minimum absolute atomic E-state index is 0.264. The molecule has 0 saturated heterocycles. The van der Waals surface area contributed by atoms with Gasteiger partial charge in [0.1, 0.15) is 0 Å². The largest absolute Gasteiger partial charge is 0.345 e. The van der Waals surface area contributed by atoms with E-state index in [-0.39, 0.29) is 5.69 Å². The Bertz CT molecular complexity index is 330. The van der Waals surface area contributed by atoms with E-state index in [1.165, 1.54) is 0 Å². The molecule has 14 heavy (non-hydrogen) atoms. The first kappa shape index (κ1) is 10.8. The molecular formula is C9H11ClN2O2. The molecule has 0 atom stereocenters. The molecule has 1 aromatic carbocycles. The Morgan fingerprint density at radius 2 is 2.21 bits per heavy atom. The molecule has 0 spiro atoms. The third kappa shape index (κ3) is 2.37. The normalized spacial score (nSPS) is 9.64. The Morgan fingerprint density at radius 3 is 2.79 bits per heavy atom. The van der Waals surface area contributed by atoms with Gasteiger partial charge in [0, 0.05) is 6.54 Å². The van der Waals surface area contributed by atoms with Gasteiger partial charge in [-0.2, -0.15) is 5.06 Å². The highest BCUT2D eigenvalue weighted by Crippen LogP contribution is 2.23. The van der Waals surface area contributed by atoms with Crippen LogP contribution in [0, 0.1) is 0 Å². The zero-order valence-electron chi connectivity index (χ0n) is 7.70. The van der Waals surface area contributed by atoms with Crippen molar-refractivity contribution in [3.05, 3.63) is 29.3 Å². The lowest BCUT2D eigenvalue weighted by Gasteiger charge is -2.15. The average Bonchev–Trinajstić information content (AvgIpc) is 2.18. The molecule has 0 aliphatic rings. The van der Waals surface area contributed by atoms with Crippen LogP contribution in [0.3, 0.4) is 0 Å². The second-order valence-electron chi connectivity index (χ2n) is 2.60. The van der Waals surface area contributed by atoms with Crippen LogP contribution in [0.5, 0.6) is 0 Å². The minimum Gasteiger partial charge on any atom is -0.336 e. The number of hydrogen-bond acceptors (Lipinski definition) is 2. The number of carbonyl (C=O) groups is 1. The lowest BCUT2D eigenvalue weighted by Crippen LogP contribution is -2.37. The lowest BCUT2D eigenvalue weighted by atomic mass is 10.3. The first-order valence-electron chi connectivity index (χ1n) is 4.18. The third-order valence-corrected chi connectivity index (χ3v) is 1.92. The number of hydroxylamine groups is 1. The van der Waals surface area contributed by atoms with Gasteiger partial charge >= 0.3 is 6.03 Å². The number of urea groups is 1. The first-order chi connectivity index (χ1) is 6.66. The SMILES string of the molecule is CCNC(=O)N(O)c1ccccc1Cl. The number of benzene rings is 1. The molecule has 2 amide bonds. The first-order valence-corrected chi connectivity index (χ1v) is 4.56. The number of amides is 2. The summed E-state index contributed by atoms with van der Waals surface area (Å²) in [5.74, 6) is 0. The predicted octanol–water partition coefficient (Wildman–Crippen LogP) is 2.27. The summed E-state index contributed by atoms with van der Waals surface area (Å²) < 4.78 is 0. The van der Waals surface area contributed by atoms with E-state index in [1.807, 2.05) is 0 Å². The van der Waals surface area contributed by atoms with Gasteiger partial charge in [-0.1, -0.05) is 23.7 Å². The van der Waals surface area contributed by atoms with Crippen molar-refractivity contribution in [1.29, 1.82) is 0 Å². The Labute approximate surface area is 87.0 Å². The number of para-hydroxylation sites is 1. The standard InChI is InChI=1S/C9H11ClN2O2/c1-2-11-9(13)12(14)8-6-4-3-5-7(8)10/h3-6,14H,2H2,1H3,(H,11,13). The van der Waals surface area contributed by atoms with E-state index in [4.69, 9.17) is 11.6 Å². The second kappa shape index (κ2) is 4.83. The van der Waals surface area contributed by atoms with E-state index in [1.54, 1.807) is 31.2 Å². The molecule has 5 heteroatoms. The number of nitrogens with zero attached hydrogens (tertiary/aromatic N) is 1. The van der Waals surface area contributed by atoms with Gasteiger partial charge in [-0.25, -0.2) is 4.79 Å². The highest BCUT2D eigenvalue weighted by Gasteiger charge is 2.14. The maximum absolute atomic E-state index is 11.2. The van der Waals surface area contributed by atoms with E-state index >= 15 is 0 Å². The molecule has 1 rings (SSSR count). The Balaban J connectivity index is 2.84. The fourth-order valence-electron chi connectivity index (χ4n) is 0.959. The van der Waals surface area contributed by atoms with Gasteiger partial charge in [0.2, 0.25) is 0 Å². The fraction of sp³-hybridized carbons (Fsp3) is 0.222. The molecule has 0 aliphatic carbocycles. The van der Waals surface area contributed by atoms with Crippen LogP contribution in [-0.2, 0) is 0 Å². The molecule has 0 fully saturated rings. The van der Waals surface area contributed by atoms with Gasteiger partial charge in [0.25, 0.3) is 0 Å². The van der Waals surface area contributed by atoms with E-state index in [0.29, 0.717) is 16.6 Å². The Morgan fingerprint density at radius 1 is 1.57 bits per heavy atom. The maximum atomic E-state index is 11.2. The molecule has 0 radical (unpaired) electrons. The molecule has 0 saturated carbocycles. The van der Waals surface area contributed by atoms with Crippen molar-refractivity contribution < 1.29 is 10.0 Å². The number of nitrogens with one attached hydrogen (secondary N) is 1. The van der Waals surface area contributed by atoms with Crippen molar-refractivity contribution in [1.82, 2.24) is 5.32 Å². The van der Waals surface area contributed by atoms with Gasteiger partial charge < -0.3 is 5.32 Å². The van der Waals surface area contributed by atoms with Gasteiger partial charge in [-0.3, -0.25) is 5.21 Å². The van der Waals surface area contributed by atoms with Crippen molar-refractivity contribution in [2.45, 2.75) is 6.92 Å². The van der Waals surface area contributed by atoms with E-state index in [0.717, 1.165) is 0 Å². The van der Waals surface area contributed by atoms with Gasteiger partial charge in [0.05, 0.1) is 10.7 Å². The molecule has 0 aromatic heterocycles. The summed E-state index contributed by atoms with van der Waals surface area (Å²) in [6, 6.07) is 5.96. The topological polar surface area (TPSA) is 52.6 Å². The number of anilines is 1. The Hall–Kier alpha value is -1.26. The molecule has 1 aromatic rings. The molecule has 76 valence electrons. The Kier molecular flexibility index (Phi) is 3.73. The quantitative estimate of drug-likeness (QED) is 0.586. The van der Waals surface area contributed by atoms with Crippen LogP contribution < -0.4 is 10.4 Å². The monoisotopic (exact) mass is 214 g/mol. The van der Waals surface area contributed by atoms with E-state index in [9.17, 15) is 10.0 Å². The average molecular weight is 215 g/mol. The summed E-state index contributed by atoms with van der Waals surface area (Å²) in [5, 5.41) is 12.7. The van der Waals surface area contributed by atoms with Crippen LogP contribution in [0.2, 0.25) is 5.02 Å². The zero-order chi connectivity index (χ0) is 10.6.